The number of hydrogen-bond acceptors (Lipinski definition) is 3. The van der Waals surface area contributed by atoms with Crippen LogP contribution in [0.4, 0.5) is 0 Å². The first kappa shape index (κ1) is 24.6. The molecule has 0 saturated carbocycles. The van der Waals surface area contributed by atoms with Crippen LogP contribution in [-0.4, -0.2) is 19.3 Å². The summed E-state index contributed by atoms with van der Waals surface area (Å²) >= 11 is 5.89. The molecule has 35 heavy (non-hydrogen) atoms. The molecule has 0 amide bonds. The third kappa shape index (κ3) is 5.41. The molecular weight excluding hydrogens is 452 g/mol. The van der Waals surface area contributed by atoms with Crippen molar-refractivity contribution in [3.8, 4) is 11.5 Å². The van der Waals surface area contributed by atoms with E-state index in [4.69, 9.17) is 21.7 Å². The molecule has 0 aromatic heterocycles. The molecule has 2 N–H and O–H groups in total. The first-order valence-electron chi connectivity index (χ1n) is 11.8. The Morgan fingerprint density at radius 3 is 2.17 bits per heavy atom. The van der Waals surface area contributed by atoms with Gasteiger partial charge in [0.05, 0.1) is 14.2 Å². The molecule has 1 aliphatic carbocycles. The Kier molecular flexibility index (Phi) is 7.88. The van der Waals surface area contributed by atoms with Crippen LogP contribution >= 0.6 is 12.2 Å². The molecule has 3 aromatic carbocycles. The highest BCUT2D eigenvalue weighted by Crippen LogP contribution is 2.40. The van der Waals surface area contributed by atoms with E-state index < -0.39 is 5.54 Å². The van der Waals surface area contributed by atoms with E-state index >= 15 is 0 Å². The first-order valence-corrected chi connectivity index (χ1v) is 12.2. The molecule has 0 spiro atoms. The zero-order chi connectivity index (χ0) is 24.7. The van der Waals surface area contributed by atoms with Gasteiger partial charge in [0.1, 0.15) is 17.0 Å². The predicted molar refractivity (Wildman–Crippen MR) is 147 cm³/mol. The molecule has 180 valence electrons. The minimum Gasteiger partial charge on any atom is -0.497 e. The molecule has 0 aliphatic heterocycles. The van der Waals surface area contributed by atoms with Crippen LogP contribution in [0.3, 0.4) is 0 Å². The molecule has 0 radical (unpaired) electrons. The van der Waals surface area contributed by atoms with Crippen LogP contribution in [0.2, 0.25) is 0 Å². The Hall–Kier alpha value is -3.57. The minimum atomic E-state index is -0.637. The van der Waals surface area contributed by atoms with E-state index in [9.17, 15) is 0 Å². The summed E-state index contributed by atoms with van der Waals surface area (Å²) in [5, 5.41) is 7.68. The van der Waals surface area contributed by atoms with E-state index in [0.717, 1.165) is 34.6 Å². The van der Waals surface area contributed by atoms with Gasteiger partial charge >= 0.3 is 0 Å². The fourth-order valence-corrected chi connectivity index (χ4v) is 4.80. The molecule has 0 bridgehead atoms. The average molecular weight is 485 g/mol. The lowest BCUT2D eigenvalue weighted by Gasteiger charge is -2.40. The minimum absolute atomic E-state index is 0.439. The normalized spacial score (nSPS) is 15.2. The molecule has 1 atom stereocenters. The molecular formula is C30H32N2O2S. The third-order valence-electron chi connectivity index (χ3n) is 6.35. The molecule has 4 rings (SSSR count). The number of allylic oxidation sites excluding steroid dienone is 2. The maximum atomic E-state index is 5.89. The van der Waals surface area contributed by atoms with E-state index in [1.807, 2.05) is 30.3 Å². The van der Waals surface area contributed by atoms with Crippen molar-refractivity contribution in [1.29, 1.82) is 0 Å². The fraction of sp³-hybridized carbons (Fsp3) is 0.233. The molecule has 1 unspecified atom stereocenters. The van der Waals surface area contributed by atoms with Gasteiger partial charge in [-0.15, -0.1) is 0 Å². The van der Waals surface area contributed by atoms with E-state index in [2.05, 4.69) is 84.3 Å². The molecule has 0 heterocycles. The zero-order valence-electron chi connectivity index (χ0n) is 20.5. The van der Waals surface area contributed by atoms with Gasteiger partial charge < -0.3 is 20.1 Å². The zero-order valence-corrected chi connectivity index (χ0v) is 21.3. The van der Waals surface area contributed by atoms with Crippen molar-refractivity contribution in [2.24, 2.45) is 5.92 Å². The molecule has 5 heteroatoms. The predicted octanol–water partition coefficient (Wildman–Crippen LogP) is 6.13. The number of benzene rings is 3. The van der Waals surface area contributed by atoms with Crippen molar-refractivity contribution in [3.63, 3.8) is 0 Å². The van der Waals surface area contributed by atoms with Crippen LogP contribution in [0.1, 0.15) is 30.0 Å². The molecule has 3 aromatic rings. The van der Waals surface area contributed by atoms with Gasteiger partial charge in [0.2, 0.25) is 0 Å². The SMILES string of the molecule is COc1ccc(CNC(=S)NC(C2=CC(C)CC=C2)(c2ccccc2)c2ccccc2)c(OC)c1. The summed E-state index contributed by atoms with van der Waals surface area (Å²) in [7, 11) is 3.31. The summed E-state index contributed by atoms with van der Waals surface area (Å²) in [5.74, 6) is 1.95. The summed E-state index contributed by atoms with van der Waals surface area (Å²) in [6.07, 6.45) is 7.86. The molecule has 4 nitrogen and oxygen atoms in total. The second kappa shape index (κ2) is 11.2. The Morgan fingerprint density at radius 2 is 1.60 bits per heavy atom. The van der Waals surface area contributed by atoms with Crippen LogP contribution in [0.25, 0.3) is 0 Å². The van der Waals surface area contributed by atoms with Crippen LogP contribution in [-0.2, 0) is 12.1 Å². The summed E-state index contributed by atoms with van der Waals surface area (Å²) < 4.78 is 10.9. The fourth-order valence-electron chi connectivity index (χ4n) is 4.57. The number of hydrogen-bond donors (Lipinski definition) is 2. The van der Waals surface area contributed by atoms with Gasteiger partial charge in [-0.3, -0.25) is 0 Å². The molecule has 1 aliphatic rings. The number of rotatable bonds is 8. The highest BCUT2D eigenvalue weighted by molar-refractivity contribution is 7.80. The smallest absolute Gasteiger partial charge is 0.167 e. The topological polar surface area (TPSA) is 42.5 Å². The van der Waals surface area contributed by atoms with Crippen molar-refractivity contribution in [2.45, 2.75) is 25.4 Å². The van der Waals surface area contributed by atoms with Crippen molar-refractivity contribution in [1.82, 2.24) is 10.6 Å². The quantitative estimate of drug-likeness (QED) is 0.376. The van der Waals surface area contributed by atoms with Gasteiger partial charge in [-0.25, -0.2) is 0 Å². The lowest BCUT2D eigenvalue weighted by atomic mass is 9.74. The number of thiocarbonyl (C=S) groups is 1. The highest BCUT2D eigenvalue weighted by atomic mass is 32.1. The van der Waals surface area contributed by atoms with E-state index in [-0.39, 0.29) is 0 Å². The Bertz CT molecular complexity index is 1170. The lowest BCUT2D eigenvalue weighted by molar-refractivity contribution is 0.390. The van der Waals surface area contributed by atoms with Gasteiger partial charge in [0, 0.05) is 18.2 Å². The molecule has 0 fully saturated rings. The average Bonchev–Trinajstić information content (AvgIpc) is 2.91. The second-order valence-electron chi connectivity index (χ2n) is 8.70. The third-order valence-corrected chi connectivity index (χ3v) is 6.60. The summed E-state index contributed by atoms with van der Waals surface area (Å²) in [6.45, 7) is 2.76. The summed E-state index contributed by atoms with van der Waals surface area (Å²) in [4.78, 5) is 0. The Morgan fingerprint density at radius 1 is 0.943 bits per heavy atom. The highest BCUT2D eigenvalue weighted by Gasteiger charge is 2.38. The van der Waals surface area contributed by atoms with Crippen molar-refractivity contribution in [2.75, 3.05) is 14.2 Å². The van der Waals surface area contributed by atoms with E-state index in [0.29, 0.717) is 17.6 Å². The Labute approximate surface area is 213 Å². The van der Waals surface area contributed by atoms with Gasteiger partial charge in [-0.2, -0.15) is 0 Å². The van der Waals surface area contributed by atoms with Crippen LogP contribution < -0.4 is 20.1 Å². The van der Waals surface area contributed by atoms with Crippen LogP contribution in [0, 0.1) is 5.92 Å². The summed E-state index contributed by atoms with van der Waals surface area (Å²) in [5.41, 5.74) is 3.79. The first-order chi connectivity index (χ1) is 17.1. The second-order valence-corrected chi connectivity index (χ2v) is 9.11. The lowest BCUT2D eigenvalue weighted by Crippen LogP contribution is -2.51. The maximum absolute atomic E-state index is 5.89. The standard InChI is InChI=1S/C30H32N2O2S/c1-22-11-10-16-26(19-22)30(24-12-6-4-7-13-24,25-14-8-5-9-15-25)32-29(35)31-21-23-17-18-27(33-2)20-28(23)34-3/h4-10,12-20,22H,11,21H2,1-3H3,(H2,31,32,35). The largest absolute Gasteiger partial charge is 0.497 e. The van der Waals surface area contributed by atoms with Crippen molar-refractivity contribution < 1.29 is 9.47 Å². The van der Waals surface area contributed by atoms with E-state index in [1.54, 1.807) is 14.2 Å². The number of nitrogens with one attached hydrogen (secondary N) is 2. The van der Waals surface area contributed by atoms with Gasteiger partial charge in [0.25, 0.3) is 0 Å². The van der Waals surface area contributed by atoms with Crippen molar-refractivity contribution in [3.05, 3.63) is 119 Å². The summed E-state index contributed by atoms with van der Waals surface area (Å²) in [6, 6.07) is 26.8. The monoisotopic (exact) mass is 484 g/mol. The van der Waals surface area contributed by atoms with Gasteiger partial charge in [-0.1, -0.05) is 85.8 Å². The van der Waals surface area contributed by atoms with Gasteiger partial charge in [0.15, 0.2) is 5.11 Å². The van der Waals surface area contributed by atoms with Gasteiger partial charge in [-0.05, 0) is 53.4 Å². The van der Waals surface area contributed by atoms with E-state index in [1.165, 1.54) is 5.57 Å². The van der Waals surface area contributed by atoms with Crippen LogP contribution in [0.15, 0.2) is 103 Å². The number of methoxy groups -OCH3 is 2. The number of ether oxygens (including phenoxy) is 2. The van der Waals surface area contributed by atoms with Crippen molar-refractivity contribution >= 4 is 17.3 Å². The molecule has 0 saturated heterocycles. The Balaban J connectivity index is 1.71. The maximum Gasteiger partial charge on any atom is 0.167 e. The van der Waals surface area contributed by atoms with Crippen LogP contribution in [0.5, 0.6) is 11.5 Å².